The second kappa shape index (κ2) is 6.57. The molecule has 7 heteroatoms. The van der Waals surface area contributed by atoms with Gasteiger partial charge < -0.3 is 4.74 Å². The lowest BCUT2D eigenvalue weighted by Gasteiger charge is -2.07. The summed E-state index contributed by atoms with van der Waals surface area (Å²) in [5.74, 6) is 0. The number of halogens is 4. The van der Waals surface area contributed by atoms with Gasteiger partial charge in [0.05, 0.1) is 19.3 Å². The minimum Gasteiger partial charge on any atom is -0.370 e. The highest BCUT2D eigenvalue weighted by Crippen LogP contribution is 2.20. The van der Waals surface area contributed by atoms with E-state index in [1.807, 2.05) is 24.3 Å². The molecule has 0 spiro atoms. The van der Waals surface area contributed by atoms with Crippen molar-refractivity contribution in [1.29, 1.82) is 0 Å². The molecule has 1 aromatic heterocycles. The number of hydrogen-bond acceptors (Lipinski definition) is 2. The molecular weight excluding hydrogens is 384 g/mol. The molecule has 108 valence electrons. The molecule has 0 aliphatic heterocycles. The number of alkyl halides is 3. The Kier molecular flexibility index (Phi) is 5.03. The number of aromatic nitrogens is 2. The van der Waals surface area contributed by atoms with Crippen LogP contribution in [0.5, 0.6) is 0 Å². The molecule has 0 saturated carbocycles. The van der Waals surface area contributed by atoms with E-state index in [0.717, 1.165) is 14.7 Å². The lowest BCUT2D eigenvalue weighted by molar-refractivity contribution is -0.174. The Bertz CT molecular complexity index is 569. The summed E-state index contributed by atoms with van der Waals surface area (Å²) in [7, 11) is 0. The topological polar surface area (TPSA) is 27.1 Å². The van der Waals surface area contributed by atoms with Gasteiger partial charge in [-0.1, -0.05) is 12.1 Å². The number of hydrogen-bond donors (Lipinski definition) is 0. The van der Waals surface area contributed by atoms with Gasteiger partial charge in [-0.25, -0.2) is 0 Å². The predicted octanol–water partition coefficient (Wildman–Crippen LogP) is 3.73. The van der Waals surface area contributed by atoms with Crippen molar-refractivity contribution in [3.8, 4) is 11.1 Å². The van der Waals surface area contributed by atoms with Crippen molar-refractivity contribution in [3.63, 3.8) is 0 Å². The average molecular weight is 396 g/mol. The molecule has 1 aromatic carbocycles. The van der Waals surface area contributed by atoms with Crippen molar-refractivity contribution in [1.82, 2.24) is 9.78 Å². The SMILES string of the molecule is FC(F)(F)COCCn1cc(-c2cccc(I)c2)cn1. The summed E-state index contributed by atoms with van der Waals surface area (Å²) in [4.78, 5) is 0. The zero-order valence-corrected chi connectivity index (χ0v) is 12.6. The van der Waals surface area contributed by atoms with Gasteiger partial charge in [0, 0.05) is 15.3 Å². The Labute approximate surface area is 127 Å². The molecule has 0 radical (unpaired) electrons. The minimum atomic E-state index is -4.28. The molecule has 0 aliphatic carbocycles. The van der Waals surface area contributed by atoms with Crippen LogP contribution in [-0.4, -0.2) is 29.2 Å². The number of rotatable bonds is 5. The summed E-state index contributed by atoms with van der Waals surface area (Å²) in [5.41, 5.74) is 1.96. The highest BCUT2D eigenvalue weighted by Gasteiger charge is 2.27. The van der Waals surface area contributed by atoms with Crippen LogP contribution in [0.2, 0.25) is 0 Å². The van der Waals surface area contributed by atoms with Crippen LogP contribution in [0, 0.1) is 3.57 Å². The summed E-state index contributed by atoms with van der Waals surface area (Å²) < 4.78 is 42.9. The van der Waals surface area contributed by atoms with Crippen LogP contribution in [0.3, 0.4) is 0 Å². The van der Waals surface area contributed by atoms with E-state index in [2.05, 4.69) is 32.4 Å². The minimum absolute atomic E-state index is 0.0209. The van der Waals surface area contributed by atoms with Crippen molar-refractivity contribution in [2.24, 2.45) is 0 Å². The molecular formula is C13H12F3IN2O. The first-order valence-corrected chi connectivity index (χ1v) is 6.95. The van der Waals surface area contributed by atoms with Gasteiger partial charge in [-0.3, -0.25) is 4.68 Å². The monoisotopic (exact) mass is 396 g/mol. The van der Waals surface area contributed by atoms with Crippen molar-refractivity contribution in [2.45, 2.75) is 12.7 Å². The summed E-state index contributed by atoms with van der Waals surface area (Å²) >= 11 is 2.22. The Morgan fingerprint density at radius 3 is 2.75 bits per heavy atom. The zero-order chi connectivity index (χ0) is 14.6. The van der Waals surface area contributed by atoms with Crippen molar-refractivity contribution in [3.05, 3.63) is 40.2 Å². The Balaban J connectivity index is 1.90. The number of ether oxygens (including phenoxy) is 1. The lowest BCUT2D eigenvalue weighted by atomic mass is 10.1. The maximum absolute atomic E-state index is 11.9. The highest BCUT2D eigenvalue weighted by atomic mass is 127. The average Bonchev–Trinajstić information content (AvgIpc) is 2.82. The highest BCUT2D eigenvalue weighted by molar-refractivity contribution is 14.1. The Morgan fingerprint density at radius 1 is 1.25 bits per heavy atom. The van der Waals surface area contributed by atoms with Gasteiger partial charge in [-0.05, 0) is 40.3 Å². The first-order valence-electron chi connectivity index (χ1n) is 5.87. The zero-order valence-electron chi connectivity index (χ0n) is 10.4. The molecule has 20 heavy (non-hydrogen) atoms. The van der Waals surface area contributed by atoms with E-state index in [0.29, 0.717) is 6.54 Å². The summed E-state index contributed by atoms with van der Waals surface area (Å²) in [5, 5.41) is 4.11. The number of nitrogens with zero attached hydrogens (tertiary/aromatic N) is 2. The summed E-state index contributed by atoms with van der Waals surface area (Å²) in [6.07, 6.45) is -0.798. The maximum Gasteiger partial charge on any atom is 0.411 e. The van der Waals surface area contributed by atoms with Gasteiger partial charge in [-0.2, -0.15) is 18.3 Å². The summed E-state index contributed by atoms with van der Waals surface area (Å²) in [6.45, 7) is -0.953. The number of benzene rings is 1. The second-order valence-electron chi connectivity index (χ2n) is 4.17. The van der Waals surface area contributed by atoms with Crippen molar-refractivity contribution in [2.75, 3.05) is 13.2 Å². The molecule has 0 unspecified atom stereocenters. The quantitative estimate of drug-likeness (QED) is 0.569. The van der Waals surface area contributed by atoms with Crippen LogP contribution in [0.4, 0.5) is 13.2 Å². The molecule has 0 N–H and O–H groups in total. The van der Waals surface area contributed by atoms with Gasteiger partial charge in [0.15, 0.2) is 0 Å². The molecule has 1 heterocycles. The fourth-order valence-electron chi connectivity index (χ4n) is 1.65. The standard InChI is InChI=1S/C13H12F3IN2O/c14-13(15,16)9-20-5-4-19-8-11(7-18-19)10-2-1-3-12(17)6-10/h1-3,6-8H,4-5,9H2. The van der Waals surface area contributed by atoms with Gasteiger partial charge >= 0.3 is 6.18 Å². The van der Waals surface area contributed by atoms with E-state index in [9.17, 15) is 13.2 Å². The smallest absolute Gasteiger partial charge is 0.370 e. The molecule has 2 aromatic rings. The van der Waals surface area contributed by atoms with Gasteiger partial charge in [0.1, 0.15) is 6.61 Å². The fourth-order valence-corrected chi connectivity index (χ4v) is 2.19. The Hall–Kier alpha value is -1.09. The van der Waals surface area contributed by atoms with Crippen LogP contribution in [0.25, 0.3) is 11.1 Å². The van der Waals surface area contributed by atoms with Crippen LogP contribution in [0.15, 0.2) is 36.7 Å². The Morgan fingerprint density at radius 2 is 2.05 bits per heavy atom. The first kappa shape index (κ1) is 15.3. The predicted molar refractivity (Wildman–Crippen MR) is 77.3 cm³/mol. The van der Waals surface area contributed by atoms with E-state index in [1.54, 1.807) is 17.1 Å². The lowest BCUT2D eigenvalue weighted by Crippen LogP contribution is -2.19. The second-order valence-corrected chi connectivity index (χ2v) is 5.42. The van der Waals surface area contributed by atoms with Crippen LogP contribution in [0.1, 0.15) is 0 Å². The molecule has 3 nitrogen and oxygen atoms in total. The molecule has 0 atom stereocenters. The third-order valence-electron chi connectivity index (χ3n) is 2.52. The third-order valence-corrected chi connectivity index (χ3v) is 3.19. The van der Waals surface area contributed by atoms with Gasteiger partial charge in [0.25, 0.3) is 0 Å². The maximum atomic E-state index is 11.9. The van der Waals surface area contributed by atoms with Crippen LogP contribution in [-0.2, 0) is 11.3 Å². The molecule has 0 aliphatic rings. The largest absolute Gasteiger partial charge is 0.411 e. The molecule has 2 rings (SSSR count). The molecule has 0 bridgehead atoms. The molecule has 0 amide bonds. The van der Waals surface area contributed by atoms with E-state index >= 15 is 0 Å². The normalized spacial score (nSPS) is 11.8. The van der Waals surface area contributed by atoms with E-state index in [4.69, 9.17) is 0 Å². The first-order chi connectivity index (χ1) is 9.44. The van der Waals surface area contributed by atoms with Crippen molar-refractivity contribution < 1.29 is 17.9 Å². The van der Waals surface area contributed by atoms with Gasteiger partial charge in [-0.15, -0.1) is 0 Å². The summed E-state index contributed by atoms with van der Waals surface area (Å²) in [6, 6.07) is 7.91. The van der Waals surface area contributed by atoms with Crippen LogP contribution < -0.4 is 0 Å². The van der Waals surface area contributed by atoms with E-state index < -0.39 is 12.8 Å². The van der Waals surface area contributed by atoms with E-state index in [1.165, 1.54) is 0 Å². The fraction of sp³-hybridized carbons (Fsp3) is 0.308. The molecule has 0 fully saturated rings. The third kappa shape index (κ3) is 4.78. The van der Waals surface area contributed by atoms with Crippen molar-refractivity contribution >= 4 is 22.6 Å². The van der Waals surface area contributed by atoms with Crippen LogP contribution >= 0.6 is 22.6 Å². The van der Waals surface area contributed by atoms with E-state index in [-0.39, 0.29) is 6.61 Å². The van der Waals surface area contributed by atoms with Gasteiger partial charge in [0.2, 0.25) is 0 Å². The molecule has 0 saturated heterocycles.